The second-order valence-corrected chi connectivity index (χ2v) is 12.3. The van der Waals surface area contributed by atoms with E-state index in [9.17, 15) is 24.3 Å². The Hall–Kier alpha value is -4.48. The Morgan fingerprint density at radius 2 is 1.78 bits per heavy atom. The number of carbonyl (C=O) groups excluding carboxylic acids is 4. The number of nitrogens with one attached hydrogen (secondary N) is 1. The molecule has 3 amide bonds. The van der Waals surface area contributed by atoms with E-state index in [1.165, 1.54) is 4.90 Å². The zero-order valence-corrected chi connectivity index (χ0v) is 26.1. The molecule has 1 spiro atoms. The van der Waals surface area contributed by atoms with Crippen LogP contribution in [0.2, 0.25) is 0 Å². The Morgan fingerprint density at radius 1 is 1.04 bits per heavy atom. The van der Waals surface area contributed by atoms with E-state index in [0.717, 1.165) is 0 Å². The van der Waals surface area contributed by atoms with Crippen LogP contribution in [0.3, 0.4) is 0 Å². The largest absolute Gasteiger partial charge is 0.497 e. The minimum Gasteiger partial charge on any atom is -0.497 e. The van der Waals surface area contributed by atoms with Crippen LogP contribution in [0.25, 0.3) is 0 Å². The molecule has 11 nitrogen and oxygen atoms in total. The van der Waals surface area contributed by atoms with Crippen LogP contribution < -0.4 is 15.0 Å². The molecule has 6 rings (SSSR count). The number of benzene rings is 2. The number of carbonyl (C=O) groups is 4. The standard InChI is InChI=1S/C35H39N3O8/c1-21(20-39)38-31-33(42)37(24-13-15-25(44-3)16-14-24)19-9-5-8-12-27(40)36-22(2)30(23-10-6-4-7-11-23)45-34(43)28-26-17-18-35(31,46-26)29(28)32(38)41/h4-7,9-11,13-18,21-22,26,28-31,39H,8,12,19-20H2,1-3H3,(H,36,40)/b9-5-/t21-,22-,26+,28-,29-,30+,31+,35-/m1/s1. The summed E-state index contributed by atoms with van der Waals surface area (Å²) in [6, 6.07) is 13.6. The van der Waals surface area contributed by atoms with Gasteiger partial charge in [0, 0.05) is 18.7 Å². The van der Waals surface area contributed by atoms with Crippen molar-refractivity contribution in [2.45, 2.75) is 62.6 Å². The highest BCUT2D eigenvalue weighted by molar-refractivity contribution is 6.05. The number of aliphatic hydroxyl groups is 1. The Morgan fingerprint density at radius 3 is 2.48 bits per heavy atom. The van der Waals surface area contributed by atoms with Crippen molar-refractivity contribution in [3.05, 3.63) is 84.5 Å². The summed E-state index contributed by atoms with van der Waals surface area (Å²) in [5.41, 5.74) is -0.203. The number of hydrogen-bond donors (Lipinski definition) is 2. The molecule has 5 bridgehead atoms. The lowest BCUT2D eigenvalue weighted by molar-refractivity contribution is -0.161. The van der Waals surface area contributed by atoms with E-state index in [1.807, 2.05) is 42.5 Å². The van der Waals surface area contributed by atoms with Crippen molar-refractivity contribution >= 4 is 29.4 Å². The predicted octanol–water partition coefficient (Wildman–Crippen LogP) is 2.70. The second-order valence-electron chi connectivity index (χ2n) is 12.3. The molecule has 242 valence electrons. The summed E-state index contributed by atoms with van der Waals surface area (Å²) in [4.78, 5) is 59.1. The van der Waals surface area contributed by atoms with Crippen molar-refractivity contribution < 1.29 is 38.5 Å². The molecular weight excluding hydrogens is 590 g/mol. The number of nitrogens with zero attached hydrogens (tertiary/aromatic N) is 2. The summed E-state index contributed by atoms with van der Waals surface area (Å²) in [6.45, 7) is 3.19. The number of rotatable bonds is 5. The lowest BCUT2D eigenvalue weighted by Gasteiger charge is -2.37. The summed E-state index contributed by atoms with van der Waals surface area (Å²) in [6.07, 6.45) is 6.07. The monoisotopic (exact) mass is 629 g/mol. The van der Waals surface area contributed by atoms with Gasteiger partial charge in [-0.15, -0.1) is 0 Å². The van der Waals surface area contributed by atoms with Crippen LogP contribution >= 0.6 is 0 Å². The lowest BCUT2D eigenvalue weighted by atomic mass is 9.74. The van der Waals surface area contributed by atoms with Gasteiger partial charge in [0.05, 0.1) is 37.8 Å². The van der Waals surface area contributed by atoms with Crippen molar-refractivity contribution in [2.75, 3.05) is 25.2 Å². The molecule has 2 saturated heterocycles. The molecule has 0 radical (unpaired) electrons. The molecule has 8 atom stereocenters. The number of ether oxygens (including phenoxy) is 3. The van der Waals surface area contributed by atoms with Gasteiger partial charge in [-0.1, -0.05) is 54.6 Å². The van der Waals surface area contributed by atoms with Crippen molar-refractivity contribution in [2.24, 2.45) is 11.8 Å². The van der Waals surface area contributed by atoms with E-state index in [-0.39, 0.29) is 18.9 Å². The van der Waals surface area contributed by atoms with E-state index < -0.39 is 72.2 Å². The number of methoxy groups -OCH3 is 1. The van der Waals surface area contributed by atoms with Gasteiger partial charge in [0.2, 0.25) is 11.8 Å². The third-order valence-corrected chi connectivity index (χ3v) is 9.41. The fraction of sp³-hybridized carbons (Fsp3) is 0.429. The normalized spacial score (nSPS) is 32.6. The third kappa shape index (κ3) is 5.37. The van der Waals surface area contributed by atoms with E-state index in [2.05, 4.69) is 5.32 Å². The van der Waals surface area contributed by atoms with Gasteiger partial charge in [0.25, 0.3) is 5.91 Å². The van der Waals surface area contributed by atoms with Crippen LogP contribution in [-0.2, 0) is 28.7 Å². The highest BCUT2D eigenvalue weighted by atomic mass is 16.6. The van der Waals surface area contributed by atoms with Gasteiger partial charge in [-0.05, 0) is 50.1 Å². The number of allylic oxidation sites excluding steroid dienone is 1. The molecule has 11 heteroatoms. The Kier molecular flexibility index (Phi) is 8.71. The summed E-state index contributed by atoms with van der Waals surface area (Å²) >= 11 is 0. The van der Waals surface area contributed by atoms with Gasteiger partial charge in [-0.25, -0.2) is 0 Å². The number of likely N-dealkylation sites (tertiary alicyclic amines) is 1. The minimum absolute atomic E-state index is 0.144. The van der Waals surface area contributed by atoms with Gasteiger partial charge in [-0.2, -0.15) is 0 Å². The third-order valence-electron chi connectivity index (χ3n) is 9.41. The van der Waals surface area contributed by atoms with Crippen LogP contribution in [0.15, 0.2) is 78.9 Å². The van der Waals surface area contributed by atoms with Gasteiger partial charge in [0.15, 0.2) is 0 Å². The number of fused-ring (bicyclic) bond motifs is 2. The first-order chi connectivity index (χ1) is 22.2. The number of anilines is 1. The summed E-state index contributed by atoms with van der Waals surface area (Å²) in [7, 11) is 1.55. The molecule has 2 aromatic carbocycles. The van der Waals surface area contributed by atoms with Crippen molar-refractivity contribution in [3.63, 3.8) is 0 Å². The molecule has 4 heterocycles. The van der Waals surface area contributed by atoms with E-state index in [0.29, 0.717) is 23.4 Å². The Bertz CT molecular complexity index is 1540. The molecule has 2 N–H and O–H groups in total. The highest BCUT2D eigenvalue weighted by Crippen LogP contribution is 2.56. The molecular formula is C35H39N3O8. The molecule has 0 unspecified atom stereocenters. The maximum Gasteiger partial charge on any atom is 0.313 e. The predicted molar refractivity (Wildman–Crippen MR) is 168 cm³/mol. The first kappa shape index (κ1) is 31.5. The summed E-state index contributed by atoms with van der Waals surface area (Å²) in [5.74, 6) is -3.24. The first-order valence-electron chi connectivity index (χ1n) is 15.7. The SMILES string of the molecule is COc1ccc(N2C/C=C\CCC(=O)N[C@H](C)[C@@H](c3ccccc3)OC(=O)[C@@H]3[C@@H]4C=C[C@]5(O4)[C@H](C2=O)N([C@H](C)CO)C(=O)[C@@H]35)cc1. The fourth-order valence-electron chi connectivity index (χ4n) is 7.17. The average molecular weight is 630 g/mol. The Balaban J connectivity index is 1.45. The minimum atomic E-state index is -1.45. The zero-order valence-electron chi connectivity index (χ0n) is 26.1. The fourth-order valence-corrected chi connectivity index (χ4v) is 7.17. The topological polar surface area (TPSA) is 135 Å². The van der Waals surface area contributed by atoms with Crippen LogP contribution in [0.1, 0.15) is 38.4 Å². The van der Waals surface area contributed by atoms with Crippen LogP contribution in [0.4, 0.5) is 5.69 Å². The average Bonchev–Trinajstić information content (AvgIpc) is 3.72. The summed E-state index contributed by atoms with van der Waals surface area (Å²) in [5, 5.41) is 13.2. The maximum atomic E-state index is 14.8. The van der Waals surface area contributed by atoms with Crippen LogP contribution in [0.5, 0.6) is 5.75 Å². The molecule has 2 aromatic rings. The number of aliphatic hydroxyl groups excluding tert-OH is 1. The maximum absolute atomic E-state index is 14.8. The van der Waals surface area contributed by atoms with Crippen LogP contribution in [-0.4, -0.2) is 83.8 Å². The van der Waals surface area contributed by atoms with Gasteiger partial charge in [-0.3, -0.25) is 19.2 Å². The molecule has 46 heavy (non-hydrogen) atoms. The molecule has 4 aliphatic heterocycles. The molecule has 4 aliphatic rings. The van der Waals surface area contributed by atoms with Crippen molar-refractivity contribution in [1.29, 1.82) is 0 Å². The van der Waals surface area contributed by atoms with Gasteiger partial charge >= 0.3 is 5.97 Å². The number of esters is 1. The lowest BCUT2D eigenvalue weighted by Crippen LogP contribution is -2.58. The number of cyclic esters (lactones) is 1. The molecule has 0 aromatic heterocycles. The smallest absolute Gasteiger partial charge is 0.313 e. The number of amides is 3. The zero-order chi connectivity index (χ0) is 32.6. The van der Waals surface area contributed by atoms with E-state index in [1.54, 1.807) is 62.3 Å². The first-order valence-corrected chi connectivity index (χ1v) is 15.7. The highest BCUT2D eigenvalue weighted by Gasteiger charge is 2.74. The van der Waals surface area contributed by atoms with Gasteiger partial charge in [0.1, 0.15) is 29.4 Å². The molecule has 0 aliphatic carbocycles. The van der Waals surface area contributed by atoms with Crippen molar-refractivity contribution in [1.82, 2.24) is 10.2 Å². The van der Waals surface area contributed by atoms with E-state index >= 15 is 0 Å². The summed E-state index contributed by atoms with van der Waals surface area (Å²) < 4.78 is 18.0. The quantitative estimate of drug-likeness (QED) is 0.381. The van der Waals surface area contributed by atoms with Crippen molar-refractivity contribution in [3.8, 4) is 5.75 Å². The van der Waals surface area contributed by atoms with Gasteiger partial charge < -0.3 is 34.4 Å². The van der Waals surface area contributed by atoms with Crippen LogP contribution in [0, 0.1) is 11.8 Å². The second kappa shape index (κ2) is 12.7. The number of hydrogen-bond acceptors (Lipinski definition) is 8. The Labute approximate surface area is 267 Å². The van der Waals surface area contributed by atoms with E-state index in [4.69, 9.17) is 14.2 Å². The molecule has 2 fully saturated rings. The molecule has 0 saturated carbocycles.